The van der Waals surface area contributed by atoms with Gasteiger partial charge in [0, 0.05) is 24.6 Å². The second kappa shape index (κ2) is 7.09. The van der Waals surface area contributed by atoms with Gasteiger partial charge in [-0.05, 0) is 55.0 Å². The zero-order valence-electron chi connectivity index (χ0n) is 13.4. The van der Waals surface area contributed by atoms with Crippen molar-refractivity contribution in [3.8, 4) is 0 Å². The van der Waals surface area contributed by atoms with Crippen molar-refractivity contribution in [2.75, 3.05) is 10.4 Å². The Bertz CT molecular complexity index is 805. The minimum atomic E-state index is -3.84. The van der Waals surface area contributed by atoms with Crippen molar-refractivity contribution < 1.29 is 13.2 Å². The Morgan fingerprint density at radius 1 is 1.29 bits per heavy atom. The summed E-state index contributed by atoms with van der Waals surface area (Å²) in [6, 6.07) is 9.95. The number of benzene rings is 1. The summed E-state index contributed by atoms with van der Waals surface area (Å²) in [5, 5.41) is 0. The Balaban J connectivity index is 1.70. The smallest absolute Gasteiger partial charge is 0.279 e. The van der Waals surface area contributed by atoms with Gasteiger partial charge in [-0.1, -0.05) is 18.2 Å². The van der Waals surface area contributed by atoms with Crippen LogP contribution in [0.1, 0.15) is 24.0 Å². The van der Waals surface area contributed by atoms with Crippen LogP contribution in [-0.4, -0.2) is 20.0 Å². The molecule has 0 unspecified atom stereocenters. The topological polar surface area (TPSA) is 59.5 Å². The predicted molar refractivity (Wildman–Crippen MR) is 93.3 cm³/mol. The number of hydrogen-bond acceptors (Lipinski definition) is 4. The van der Waals surface area contributed by atoms with Gasteiger partial charge in [-0.15, -0.1) is 0 Å². The van der Waals surface area contributed by atoms with E-state index in [1.54, 1.807) is 30.5 Å². The van der Waals surface area contributed by atoms with Crippen molar-refractivity contribution in [1.82, 2.24) is 4.98 Å². The van der Waals surface area contributed by atoms with Crippen molar-refractivity contribution >= 4 is 27.6 Å². The van der Waals surface area contributed by atoms with Crippen molar-refractivity contribution in [3.63, 3.8) is 0 Å². The highest BCUT2D eigenvalue weighted by Crippen LogP contribution is 2.29. The highest BCUT2D eigenvalue weighted by Gasteiger charge is 2.25. The summed E-state index contributed by atoms with van der Waals surface area (Å²) in [6.45, 7) is 3.06. The quantitative estimate of drug-likeness (QED) is 0.701. The van der Waals surface area contributed by atoms with Crippen molar-refractivity contribution in [3.05, 3.63) is 53.7 Å². The van der Waals surface area contributed by atoms with Crippen molar-refractivity contribution in [1.29, 1.82) is 0 Å². The number of ether oxygens (including phenoxy) is 1. The predicted octanol–water partition coefficient (Wildman–Crippen LogP) is 3.67. The monoisotopic (exact) mass is 366 g/mol. The van der Waals surface area contributed by atoms with Crippen molar-refractivity contribution in [2.45, 2.75) is 31.3 Å². The number of nitrogens with zero attached hydrogens (tertiary/aromatic N) is 2. The van der Waals surface area contributed by atoms with E-state index in [9.17, 15) is 8.42 Å². The second-order valence-electron chi connectivity index (χ2n) is 6.02. The van der Waals surface area contributed by atoms with Crippen LogP contribution >= 0.6 is 11.8 Å². The number of anilines is 1. The number of hydrogen-bond donors (Lipinski definition) is 0. The molecule has 24 heavy (non-hydrogen) atoms. The molecule has 1 aromatic carbocycles. The fourth-order valence-electron chi connectivity index (χ4n) is 2.23. The second-order valence-corrected chi connectivity index (χ2v) is 8.34. The van der Waals surface area contributed by atoms with E-state index < -0.39 is 10.0 Å². The van der Waals surface area contributed by atoms with E-state index in [0.29, 0.717) is 16.3 Å². The molecular formula is C17H19ClN2O3S. The first-order valence-corrected chi connectivity index (χ1v) is 9.55. The molecule has 5 nitrogen and oxygen atoms in total. The summed E-state index contributed by atoms with van der Waals surface area (Å²) in [4.78, 5) is 4.28. The molecule has 2 aromatic rings. The zero-order chi connectivity index (χ0) is 17.2. The third-order valence-corrected chi connectivity index (χ3v) is 5.98. The third kappa shape index (κ3) is 4.06. The molecule has 0 radical (unpaired) electrons. The first-order chi connectivity index (χ1) is 11.5. The average Bonchev–Trinajstić information content (AvgIpc) is 3.39. The van der Waals surface area contributed by atoms with E-state index >= 15 is 0 Å². The van der Waals surface area contributed by atoms with Gasteiger partial charge in [0.25, 0.3) is 10.0 Å². The molecule has 0 aliphatic heterocycles. The number of sulfonamides is 1. The molecule has 7 heteroatoms. The van der Waals surface area contributed by atoms with Crippen LogP contribution in [0.2, 0.25) is 0 Å². The Hall–Kier alpha value is -1.63. The summed E-state index contributed by atoms with van der Waals surface area (Å²) >= 11 is 6.04. The molecule has 0 atom stereocenters. The molecule has 3 rings (SSSR count). The minimum absolute atomic E-state index is 0.135. The van der Waals surface area contributed by atoms with Gasteiger partial charge in [0.1, 0.15) is 0 Å². The molecule has 1 aromatic heterocycles. The van der Waals surface area contributed by atoms with Gasteiger partial charge in [-0.3, -0.25) is 0 Å². The first kappa shape index (κ1) is 17.2. The van der Waals surface area contributed by atoms with Gasteiger partial charge in [0.15, 0.2) is 5.82 Å². The van der Waals surface area contributed by atoms with Crippen LogP contribution in [-0.2, 0) is 21.4 Å². The van der Waals surface area contributed by atoms with Gasteiger partial charge in [0.05, 0.1) is 11.5 Å². The van der Waals surface area contributed by atoms with Gasteiger partial charge < -0.3 is 4.74 Å². The lowest BCUT2D eigenvalue weighted by molar-refractivity contribution is 0.111. The van der Waals surface area contributed by atoms with E-state index in [4.69, 9.17) is 16.5 Å². The molecule has 0 saturated heterocycles. The molecule has 0 spiro atoms. The third-order valence-electron chi connectivity index (χ3n) is 3.81. The number of rotatable bonds is 7. The van der Waals surface area contributed by atoms with Crippen LogP contribution in [0.3, 0.4) is 0 Å². The normalized spacial score (nSPS) is 14.6. The van der Waals surface area contributed by atoms with E-state index in [-0.39, 0.29) is 10.7 Å². The lowest BCUT2D eigenvalue weighted by atomic mass is 10.2. The lowest BCUT2D eigenvalue weighted by Gasteiger charge is -2.15. The molecule has 0 bridgehead atoms. The Morgan fingerprint density at radius 3 is 2.71 bits per heavy atom. The summed E-state index contributed by atoms with van der Waals surface area (Å²) in [5.74, 6) is 0.860. The highest BCUT2D eigenvalue weighted by molar-refractivity contribution is 7.94. The Kier molecular flexibility index (Phi) is 5.08. The standard InChI is InChI=1S/C17H19ClN2O3S/c1-13-3-2-4-16(9-13)24(21,22)20(18)17-8-7-15(10-19-17)12-23-11-14-5-6-14/h2-4,7-10,14H,5-6,11-12H2,1H3. The van der Waals surface area contributed by atoms with Crippen LogP contribution < -0.4 is 3.82 Å². The summed E-state index contributed by atoms with van der Waals surface area (Å²) in [5.41, 5.74) is 1.73. The van der Waals surface area contributed by atoms with E-state index in [1.165, 1.54) is 18.9 Å². The van der Waals surface area contributed by atoms with Crippen LogP contribution in [0.15, 0.2) is 47.5 Å². The Labute approximate surface area is 147 Å². The maximum Gasteiger partial charge on any atom is 0.279 e. The fraction of sp³-hybridized carbons (Fsp3) is 0.353. The molecule has 0 N–H and O–H groups in total. The molecule has 1 heterocycles. The van der Waals surface area contributed by atoms with Crippen LogP contribution in [0.5, 0.6) is 0 Å². The number of aryl methyl sites for hydroxylation is 1. The van der Waals surface area contributed by atoms with Gasteiger partial charge >= 0.3 is 0 Å². The highest BCUT2D eigenvalue weighted by atomic mass is 35.5. The van der Waals surface area contributed by atoms with Gasteiger partial charge in [-0.25, -0.2) is 4.98 Å². The average molecular weight is 367 g/mol. The minimum Gasteiger partial charge on any atom is -0.376 e. The number of halogens is 1. The van der Waals surface area contributed by atoms with Crippen molar-refractivity contribution in [2.24, 2.45) is 5.92 Å². The molecule has 0 amide bonds. The summed E-state index contributed by atoms with van der Waals surface area (Å²) < 4.78 is 31.4. The van der Waals surface area contributed by atoms with E-state index in [1.807, 2.05) is 13.0 Å². The van der Waals surface area contributed by atoms with Crippen LogP contribution in [0.4, 0.5) is 5.82 Å². The van der Waals surface area contributed by atoms with E-state index in [2.05, 4.69) is 4.98 Å². The lowest BCUT2D eigenvalue weighted by Crippen LogP contribution is -2.22. The number of pyridine rings is 1. The van der Waals surface area contributed by atoms with Gasteiger partial charge in [0.2, 0.25) is 0 Å². The molecule has 1 saturated carbocycles. The Morgan fingerprint density at radius 2 is 2.08 bits per heavy atom. The fourth-order valence-corrected chi connectivity index (χ4v) is 3.69. The van der Waals surface area contributed by atoms with Crippen LogP contribution in [0, 0.1) is 12.8 Å². The zero-order valence-corrected chi connectivity index (χ0v) is 14.9. The summed E-state index contributed by atoms with van der Waals surface area (Å²) in [7, 11) is -3.84. The molecule has 1 fully saturated rings. The molecular weight excluding hydrogens is 348 g/mol. The maximum absolute atomic E-state index is 12.6. The first-order valence-electron chi connectivity index (χ1n) is 7.77. The van der Waals surface area contributed by atoms with E-state index in [0.717, 1.165) is 17.7 Å². The van der Waals surface area contributed by atoms with Crippen LogP contribution in [0.25, 0.3) is 0 Å². The molecule has 1 aliphatic rings. The largest absolute Gasteiger partial charge is 0.376 e. The molecule has 128 valence electrons. The SMILES string of the molecule is Cc1cccc(S(=O)(=O)N(Cl)c2ccc(COCC3CC3)cn2)c1. The number of aromatic nitrogens is 1. The summed E-state index contributed by atoms with van der Waals surface area (Å²) in [6.07, 6.45) is 4.08. The maximum atomic E-state index is 12.6. The molecule has 1 aliphatic carbocycles. The van der Waals surface area contributed by atoms with Gasteiger partial charge in [-0.2, -0.15) is 12.2 Å².